The maximum Gasteiger partial charge on any atom is 0.151 e. The molecule has 0 aliphatic heterocycles. The predicted octanol–water partition coefficient (Wildman–Crippen LogP) is -1.68. The van der Waals surface area contributed by atoms with Crippen molar-refractivity contribution in [3.05, 3.63) is 0 Å². The van der Waals surface area contributed by atoms with Crippen LogP contribution in [-0.2, 0) is 0 Å². The quantitative estimate of drug-likeness (QED) is 0.376. The van der Waals surface area contributed by atoms with E-state index in [2.05, 4.69) is 5.73 Å². The fourth-order valence-electron chi connectivity index (χ4n) is 0.327. The summed E-state index contributed by atoms with van der Waals surface area (Å²) in [4.78, 5) is 0. The Morgan fingerprint density at radius 3 is 2.14 bits per heavy atom. The van der Waals surface area contributed by atoms with Crippen molar-refractivity contribution in [2.75, 3.05) is 6.54 Å². The van der Waals surface area contributed by atoms with Gasteiger partial charge in [-0.05, 0) is 0 Å². The van der Waals surface area contributed by atoms with Gasteiger partial charge in [-0.1, -0.05) is 0 Å². The van der Waals surface area contributed by atoms with Crippen LogP contribution < -0.4 is 5.73 Å². The molecule has 0 bridgehead atoms. The van der Waals surface area contributed by atoms with E-state index in [-0.39, 0.29) is 0 Å². The topological polar surface area (TPSA) is 68.1 Å². The van der Waals surface area contributed by atoms with Gasteiger partial charge in [-0.25, -0.2) is 0 Å². The number of aliphatic hydroxyl groups excluding tert-OH is 1. The lowest BCUT2D eigenvalue weighted by Gasteiger charge is -1.96. The van der Waals surface area contributed by atoms with Crippen molar-refractivity contribution in [1.29, 1.82) is 0 Å². The minimum atomic E-state index is -1.14. The van der Waals surface area contributed by atoms with Crippen LogP contribution in [0.15, 0.2) is 0 Å². The molecule has 0 saturated heterocycles. The summed E-state index contributed by atoms with van der Waals surface area (Å²) >= 11 is 0. The Kier molecular flexibility index (Phi) is 3.98. The zero-order valence-corrected chi connectivity index (χ0v) is 4.30. The van der Waals surface area contributed by atoms with Gasteiger partial charge in [-0.2, -0.15) is 0 Å². The van der Waals surface area contributed by atoms with Gasteiger partial charge < -0.3 is 15.9 Å². The van der Waals surface area contributed by atoms with Crippen LogP contribution in [0.25, 0.3) is 0 Å². The predicted molar refractivity (Wildman–Crippen MR) is 25.2 cm³/mol. The third kappa shape index (κ3) is 5.88. The molecule has 5 N–H and O–H groups in total. The largest absolute Gasteiger partial charge is 0.368 e. The standard InChI is InChI=1S/C4H11NO2/c5-3-1-2-4(6)7/h4,6-7H,1-3,5H2/p+1. The van der Waals surface area contributed by atoms with E-state index < -0.39 is 6.29 Å². The lowest BCUT2D eigenvalue weighted by Crippen LogP contribution is -2.50. The maximum absolute atomic E-state index is 8.21. The molecule has 0 aliphatic rings. The van der Waals surface area contributed by atoms with E-state index in [1.807, 2.05) is 0 Å². The highest BCUT2D eigenvalue weighted by Gasteiger charge is 1.93. The lowest BCUT2D eigenvalue weighted by atomic mass is 10.3. The highest BCUT2D eigenvalue weighted by Crippen LogP contribution is 1.87. The monoisotopic (exact) mass is 106 g/mol. The van der Waals surface area contributed by atoms with E-state index in [1.165, 1.54) is 0 Å². The fraction of sp³-hybridized carbons (Fsp3) is 1.00. The molecule has 0 aromatic carbocycles. The second-order valence-electron chi connectivity index (χ2n) is 1.48. The van der Waals surface area contributed by atoms with Crippen LogP contribution in [-0.4, -0.2) is 23.0 Å². The van der Waals surface area contributed by atoms with E-state index in [0.29, 0.717) is 6.42 Å². The van der Waals surface area contributed by atoms with Crippen molar-refractivity contribution in [1.82, 2.24) is 0 Å². The van der Waals surface area contributed by atoms with Gasteiger partial charge >= 0.3 is 0 Å². The number of aliphatic hydroxyl groups is 2. The molecule has 0 aliphatic carbocycles. The normalized spacial score (nSPS) is 10.3. The van der Waals surface area contributed by atoms with E-state index in [1.54, 1.807) is 0 Å². The molecular formula is C4H12NO2+. The number of hydrogen-bond acceptors (Lipinski definition) is 2. The highest BCUT2D eigenvalue weighted by molar-refractivity contribution is 4.35. The molecule has 0 radical (unpaired) electrons. The summed E-state index contributed by atoms with van der Waals surface area (Å²) in [7, 11) is 0. The molecule has 0 unspecified atom stereocenters. The summed E-state index contributed by atoms with van der Waals surface area (Å²) in [5.74, 6) is 0. The Bertz CT molecular complexity index is 38.7. The van der Waals surface area contributed by atoms with Gasteiger partial charge in [0.2, 0.25) is 0 Å². The van der Waals surface area contributed by atoms with Crippen molar-refractivity contribution in [2.24, 2.45) is 0 Å². The van der Waals surface area contributed by atoms with Crippen molar-refractivity contribution in [3.63, 3.8) is 0 Å². The summed E-state index contributed by atoms with van der Waals surface area (Å²) < 4.78 is 0. The Labute approximate surface area is 42.8 Å². The molecule has 7 heavy (non-hydrogen) atoms. The molecular weight excluding hydrogens is 94.0 g/mol. The van der Waals surface area contributed by atoms with Gasteiger partial charge in [0.05, 0.1) is 6.54 Å². The van der Waals surface area contributed by atoms with Crippen LogP contribution in [0.3, 0.4) is 0 Å². The average molecular weight is 106 g/mol. The molecule has 0 heterocycles. The molecule has 0 rings (SSSR count). The van der Waals surface area contributed by atoms with Crippen molar-refractivity contribution >= 4 is 0 Å². The van der Waals surface area contributed by atoms with Gasteiger partial charge in [0.1, 0.15) is 0 Å². The minimum Gasteiger partial charge on any atom is -0.368 e. The van der Waals surface area contributed by atoms with Crippen molar-refractivity contribution in [2.45, 2.75) is 19.1 Å². The third-order valence-electron chi connectivity index (χ3n) is 0.712. The van der Waals surface area contributed by atoms with E-state index in [9.17, 15) is 0 Å². The first-order chi connectivity index (χ1) is 3.27. The first-order valence-corrected chi connectivity index (χ1v) is 2.42. The Balaban J connectivity index is 2.68. The summed E-state index contributed by atoms with van der Waals surface area (Å²) in [5.41, 5.74) is 3.54. The molecule has 0 fully saturated rings. The van der Waals surface area contributed by atoms with Gasteiger partial charge in [0, 0.05) is 12.8 Å². The van der Waals surface area contributed by atoms with Crippen LogP contribution >= 0.6 is 0 Å². The molecule has 0 spiro atoms. The Morgan fingerprint density at radius 2 is 2.00 bits per heavy atom. The number of rotatable bonds is 3. The lowest BCUT2D eigenvalue weighted by molar-refractivity contribution is -0.369. The molecule has 0 aromatic heterocycles. The smallest absolute Gasteiger partial charge is 0.151 e. The van der Waals surface area contributed by atoms with Crippen LogP contribution in [0, 0.1) is 0 Å². The van der Waals surface area contributed by atoms with E-state index in [4.69, 9.17) is 10.2 Å². The first kappa shape index (κ1) is 6.88. The zero-order valence-electron chi connectivity index (χ0n) is 4.30. The SMILES string of the molecule is [NH3+]CCCC(O)O. The molecule has 0 aromatic rings. The highest BCUT2D eigenvalue weighted by atomic mass is 16.5. The zero-order chi connectivity index (χ0) is 5.70. The Hall–Kier alpha value is -0.120. The summed E-state index contributed by atoms with van der Waals surface area (Å²) in [6.45, 7) is 0.775. The third-order valence-corrected chi connectivity index (χ3v) is 0.712. The van der Waals surface area contributed by atoms with Crippen molar-refractivity contribution in [3.8, 4) is 0 Å². The molecule has 0 atom stereocenters. The summed E-state index contributed by atoms with van der Waals surface area (Å²) in [6, 6.07) is 0. The van der Waals surface area contributed by atoms with Crippen LogP contribution in [0.4, 0.5) is 0 Å². The van der Waals surface area contributed by atoms with Gasteiger partial charge in [-0.3, -0.25) is 0 Å². The maximum atomic E-state index is 8.21. The van der Waals surface area contributed by atoms with Gasteiger partial charge in [0.25, 0.3) is 0 Å². The first-order valence-electron chi connectivity index (χ1n) is 2.42. The fourth-order valence-corrected chi connectivity index (χ4v) is 0.327. The van der Waals surface area contributed by atoms with Crippen LogP contribution in [0.1, 0.15) is 12.8 Å². The number of quaternary nitrogens is 1. The number of hydrogen-bond donors (Lipinski definition) is 3. The minimum absolute atomic E-state index is 0.448. The van der Waals surface area contributed by atoms with Crippen LogP contribution in [0.2, 0.25) is 0 Å². The molecule has 0 amide bonds. The molecule has 3 nitrogen and oxygen atoms in total. The van der Waals surface area contributed by atoms with Gasteiger partial charge in [-0.15, -0.1) is 0 Å². The van der Waals surface area contributed by atoms with Gasteiger partial charge in [0.15, 0.2) is 6.29 Å². The molecule has 0 saturated carbocycles. The van der Waals surface area contributed by atoms with Crippen molar-refractivity contribution < 1.29 is 15.9 Å². The van der Waals surface area contributed by atoms with Crippen LogP contribution in [0.5, 0.6) is 0 Å². The second kappa shape index (κ2) is 4.05. The second-order valence-corrected chi connectivity index (χ2v) is 1.48. The molecule has 3 heteroatoms. The summed E-state index contributed by atoms with van der Waals surface area (Å²) in [5, 5.41) is 16.4. The summed E-state index contributed by atoms with van der Waals surface area (Å²) in [6.07, 6.45) is 0.1000. The average Bonchev–Trinajstić information content (AvgIpc) is 1.61. The Morgan fingerprint density at radius 1 is 1.43 bits per heavy atom. The van der Waals surface area contributed by atoms with E-state index in [0.717, 1.165) is 13.0 Å². The van der Waals surface area contributed by atoms with E-state index >= 15 is 0 Å². The molecule has 44 valence electrons.